The summed E-state index contributed by atoms with van der Waals surface area (Å²) in [6, 6.07) is 6.75. The zero-order valence-electron chi connectivity index (χ0n) is 15.7. The second kappa shape index (κ2) is 8.83. The van der Waals surface area contributed by atoms with Crippen molar-refractivity contribution < 1.29 is 28.2 Å². The fourth-order valence-corrected chi connectivity index (χ4v) is 3.04. The van der Waals surface area contributed by atoms with E-state index in [4.69, 9.17) is 9.84 Å². The van der Waals surface area contributed by atoms with Crippen LogP contribution in [0.3, 0.4) is 0 Å². The first kappa shape index (κ1) is 20.5. The molecule has 1 heterocycles. The summed E-state index contributed by atoms with van der Waals surface area (Å²) in [6.07, 6.45) is 2.61. The van der Waals surface area contributed by atoms with Gasteiger partial charge in [0.25, 0.3) is 0 Å². The van der Waals surface area contributed by atoms with Crippen molar-refractivity contribution in [1.29, 1.82) is 0 Å². The first-order valence-electron chi connectivity index (χ1n) is 8.98. The summed E-state index contributed by atoms with van der Waals surface area (Å²) in [5.41, 5.74) is 0.994. The fourth-order valence-electron chi connectivity index (χ4n) is 3.04. The van der Waals surface area contributed by atoms with E-state index in [-0.39, 0.29) is 31.1 Å². The number of benzene rings is 2. The molecule has 0 bridgehead atoms. The predicted molar refractivity (Wildman–Crippen MR) is 102 cm³/mol. The summed E-state index contributed by atoms with van der Waals surface area (Å²) in [7, 11) is 0. The van der Waals surface area contributed by atoms with Crippen LogP contribution < -0.4 is 10.1 Å². The number of aliphatic hydroxyl groups is 1. The van der Waals surface area contributed by atoms with E-state index >= 15 is 0 Å². The third-order valence-corrected chi connectivity index (χ3v) is 4.50. The monoisotopic (exact) mass is 402 g/mol. The minimum absolute atomic E-state index is 0.0246. The van der Waals surface area contributed by atoms with Crippen molar-refractivity contribution in [2.75, 3.05) is 18.5 Å². The van der Waals surface area contributed by atoms with E-state index in [1.165, 1.54) is 53.6 Å². The lowest BCUT2D eigenvalue weighted by molar-refractivity contribution is -0.116. The molecule has 0 radical (unpaired) electrons. The third-order valence-electron chi connectivity index (χ3n) is 4.50. The van der Waals surface area contributed by atoms with Gasteiger partial charge in [-0.25, -0.2) is 13.6 Å². The summed E-state index contributed by atoms with van der Waals surface area (Å²) in [5.74, 6) is -0.929. The molecular formula is C21H20F2N2O4. The highest BCUT2D eigenvalue weighted by Gasteiger charge is 2.29. The number of urea groups is 1. The van der Waals surface area contributed by atoms with Crippen molar-refractivity contribution in [3.63, 3.8) is 0 Å². The van der Waals surface area contributed by atoms with Crippen molar-refractivity contribution >= 4 is 17.5 Å². The Balaban J connectivity index is 1.85. The molecule has 1 unspecified atom stereocenters. The molecule has 0 saturated heterocycles. The number of aryl methyl sites for hydroxylation is 1. The van der Waals surface area contributed by atoms with Gasteiger partial charge in [0.15, 0.2) is 5.78 Å². The van der Waals surface area contributed by atoms with Gasteiger partial charge in [0.2, 0.25) is 0 Å². The van der Waals surface area contributed by atoms with Crippen LogP contribution in [0.4, 0.5) is 19.3 Å². The van der Waals surface area contributed by atoms with Crippen LogP contribution in [0.25, 0.3) is 0 Å². The van der Waals surface area contributed by atoms with Gasteiger partial charge in [-0.1, -0.05) is 12.1 Å². The van der Waals surface area contributed by atoms with Crippen LogP contribution in [0.1, 0.15) is 23.6 Å². The van der Waals surface area contributed by atoms with Crippen LogP contribution >= 0.6 is 0 Å². The van der Waals surface area contributed by atoms with E-state index in [9.17, 15) is 18.4 Å². The second-order valence-electron chi connectivity index (χ2n) is 6.56. The number of rotatable bonds is 5. The van der Waals surface area contributed by atoms with Gasteiger partial charge in [0.1, 0.15) is 24.0 Å². The molecule has 3 rings (SSSR count). The Morgan fingerprint density at radius 1 is 1.28 bits per heavy atom. The maximum atomic E-state index is 14.4. The lowest BCUT2D eigenvalue weighted by atomic mass is 9.97. The van der Waals surface area contributed by atoms with E-state index < -0.39 is 23.7 Å². The molecule has 2 amide bonds. The smallest absolute Gasteiger partial charge is 0.326 e. The summed E-state index contributed by atoms with van der Waals surface area (Å²) >= 11 is 0. The molecular weight excluding hydrogens is 382 g/mol. The fraction of sp³-hybridized carbons (Fsp3) is 0.238. The lowest BCUT2D eigenvalue weighted by Gasteiger charge is -2.31. The first-order chi connectivity index (χ1) is 13.9. The topological polar surface area (TPSA) is 78.9 Å². The van der Waals surface area contributed by atoms with Crippen LogP contribution in [0.5, 0.6) is 5.75 Å². The highest BCUT2D eigenvalue weighted by Crippen LogP contribution is 2.31. The molecule has 2 aromatic rings. The van der Waals surface area contributed by atoms with E-state index in [1.807, 2.05) is 0 Å². The molecule has 8 heteroatoms. The molecule has 1 aliphatic heterocycles. The number of nitrogens with one attached hydrogen (secondary N) is 1. The normalized spacial score (nSPS) is 16.1. The van der Waals surface area contributed by atoms with E-state index in [2.05, 4.69) is 5.32 Å². The van der Waals surface area contributed by atoms with Crippen LogP contribution in [0, 0.1) is 18.6 Å². The average Bonchev–Trinajstić information content (AvgIpc) is 2.69. The van der Waals surface area contributed by atoms with E-state index in [1.54, 1.807) is 6.92 Å². The molecule has 152 valence electrons. The van der Waals surface area contributed by atoms with Gasteiger partial charge in [-0.3, -0.25) is 9.69 Å². The molecule has 1 atom stereocenters. The van der Waals surface area contributed by atoms with Crippen molar-refractivity contribution in [1.82, 2.24) is 4.90 Å². The standard InChI is InChI=1S/C21H20F2N2O4/c1-13-10-17(23)18(12-20(13)29-9-8-26)24-21(28)25-7-6-16(27)11-19(25)14-2-4-15(22)5-3-14/h2-7,10,12,19,26H,8-9,11H2,1H3,(H,24,28). The van der Waals surface area contributed by atoms with Crippen LogP contribution in [-0.4, -0.2) is 35.0 Å². The van der Waals surface area contributed by atoms with Gasteiger partial charge in [0, 0.05) is 18.7 Å². The number of aliphatic hydroxyl groups excluding tert-OH is 1. The number of hydrogen-bond donors (Lipinski definition) is 2. The number of hydrogen-bond acceptors (Lipinski definition) is 4. The summed E-state index contributed by atoms with van der Waals surface area (Å²) in [5, 5.41) is 11.4. The maximum Gasteiger partial charge on any atom is 0.326 e. The van der Waals surface area contributed by atoms with Gasteiger partial charge >= 0.3 is 6.03 Å². The molecule has 0 spiro atoms. The molecule has 0 aliphatic carbocycles. The molecule has 0 fully saturated rings. The highest BCUT2D eigenvalue weighted by molar-refractivity contribution is 5.96. The lowest BCUT2D eigenvalue weighted by Crippen LogP contribution is -2.37. The number of ether oxygens (including phenoxy) is 1. The average molecular weight is 402 g/mol. The molecule has 0 saturated carbocycles. The minimum Gasteiger partial charge on any atom is -0.491 e. The molecule has 29 heavy (non-hydrogen) atoms. The van der Waals surface area contributed by atoms with Crippen LogP contribution in [0.15, 0.2) is 48.7 Å². The Kier molecular flexibility index (Phi) is 6.23. The molecule has 2 aromatic carbocycles. The first-order valence-corrected chi connectivity index (χ1v) is 8.98. The number of halogens is 2. The van der Waals surface area contributed by atoms with E-state index in [0.717, 1.165) is 0 Å². The number of anilines is 1. The summed E-state index contributed by atoms with van der Waals surface area (Å²) in [4.78, 5) is 25.9. The van der Waals surface area contributed by atoms with Gasteiger partial charge < -0.3 is 15.2 Å². The van der Waals surface area contributed by atoms with Crippen LogP contribution in [-0.2, 0) is 4.79 Å². The van der Waals surface area contributed by atoms with Crippen LogP contribution in [0.2, 0.25) is 0 Å². The zero-order valence-corrected chi connectivity index (χ0v) is 15.7. The molecule has 0 aromatic heterocycles. The van der Waals surface area contributed by atoms with Crippen molar-refractivity contribution in [2.45, 2.75) is 19.4 Å². The number of nitrogens with zero attached hydrogens (tertiary/aromatic N) is 1. The van der Waals surface area contributed by atoms with Crippen molar-refractivity contribution in [2.24, 2.45) is 0 Å². The summed E-state index contributed by atoms with van der Waals surface area (Å²) < 4.78 is 32.9. The number of ketones is 1. The van der Waals surface area contributed by atoms with Crippen molar-refractivity contribution in [3.05, 3.63) is 71.4 Å². The van der Waals surface area contributed by atoms with Gasteiger partial charge in [-0.2, -0.15) is 0 Å². The SMILES string of the molecule is Cc1cc(F)c(NC(=O)N2C=CC(=O)CC2c2ccc(F)cc2)cc1OCCO. The molecule has 6 nitrogen and oxygen atoms in total. The van der Waals surface area contributed by atoms with Gasteiger partial charge in [-0.15, -0.1) is 0 Å². The Bertz CT molecular complexity index is 944. The van der Waals surface area contributed by atoms with E-state index in [0.29, 0.717) is 16.9 Å². The number of allylic oxidation sites excluding steroid dienone is 1. The Labute approximate surface area is 166 Å². The number of amides is 2. The van der Waals surface area contributed by atoms with Gasteiger partial charge in [-0.05, 0) is 42.3 Å². The predicted octanol–water partition coefficient (Wildman–Crippen LogP) is 3.71. The Morgan fingerprint density at radius 3 is 2.69 bits per heavy atom. The zero-order chi connectivity index (χ0) is 21.0. The molecule has 1 aliphatic rings. The molecule has 2 N–H and O–H groups in total. The number of carbonyl (C=O) groups is 2. The van der Waals surface area contributed by atoms with Gasteiger partial charge in [0.05, 0.1) is 18.3 Å². The Hall–Kier alpha value is -3.26. The largest absolute Gasteiger partial charge is 0.491 e. The quantitative estimate of drug-likeness (QED) is 0.799. The van der Waals surface area contributed by atoms with Crippen molar-refractivity contribution in [3.8, 4) is 5.75 Å². The summed E-state index contributed by atoms with van der Waals surface area (Å²) in [6.45, 7) is 1.47. The second-order valence-corrected chi connectivity index (χ2v) is 6.56. The number of carbonyl (C=O) groups excluding carboxylic acids is 2. The Morgan fingerprint density at radius 2 is 2.00 bits per heavy atom. The highest BCUT2D eigenvalue weighted by atomic mass is 19.1. The maximum absolute atomic E-state index is 14.4. The third kappa shape index (κ3) is 4.78. The minimum atomic E-state index is -0.654.